The number of rotatable bonds is 4. The molecule has 1 aromatic heterocycles. The van der Waals surface area contributed by atoms with E-state index < -0.39 is 6.04 Å². The molecule has 1 amide bonds. The first-order chi connectivity index (χ1) is 7.41. The predicted molar refractivity (Wildman–Crippen MR) is 58.4 cm³/mol. The SMILES string of the molecule is CC(C)(C)[C@@H](N)C(=O)NCCc1ncon1. The summed E-state index contributed by atoms with van der Waals surface area (Å²) in [6.07, 6.45) is 1.80. The molecule has 0 aliphatic rings. The van der Waals surface area contributed by atoms with Crippen LogP contribution in [0, 0.1) is 5.41 Å². The first-order valence-corrected chi connectivity index (χ1v) is 5.20. The third-order valence-electron chi connectivity index (χ3n) is 2.27. The number of nitrogens with two attached hydrogens (primary N) is 1. The molecule has 0 spiro atoms. The molecule has 1 heterocycles. The topological polar surface area (TPSA) is 94.0 Å². The van der Waals surface area contributed by atoms with Crippen LogP contribution in [0.4, 0.5) is 0 Å². The Hall–Kier alpha value is -1.43. The number of carbonyl (C=O) groups is 1. The lowest BCUT2D eigenvalue weighted by atomic mass is 9.87. The van der Waals surface area contributed by atoms with Crippen molar-refractivity contribution in [2.24, 2.45) is 11.1 Å². The third-order valence-corrected chi connectivity index (χ3v) is 2.27. The molecule has 3 N–H and O–H groups in total. The summed E-state index contributed by atoms with van der Waals surface area (Å²) in [5.41, 5.74) is 5.55. The van der Waals surface area contributed by atoms with Crippen molar-refractivity contribution in [3.63, 3.8) is 0 Å². The molecule has 6 nitrogen and oxygen atoms in total. The van der Waals surface area contributed by atoms with E-state index in [4.69, 9.17) is 5.73 Å². The molecule has 0 aliphatic carbocycles. The van der Waals surface area contributed by atoms with Crippen LogP contribution in [-0.4, -0.2) is 28.6 Å². The van der Waals surface area contributed by atoms with Gasteiger partial charge in [0.2, 0.25) is 12.3 Å². The van der Waals surface area contributed by atoms with E-state index in [1.807, 2.05) is 20.8 Å². The summed E-state index contributed by atoms with van der Waals surface area (Å²) in [6, 6.07) is -0.516. The fraction of sp³-hybridized carbons (Fsp3) is 0.700. The first kappa shape index (κ1) is 12.6. The van der Waals surface area contributed by atoms with Crippen molar-refractivity contribution in [3.8, 4) is 0 Å². The number of aromatic nitrogens is 2. The lowest BCUT2D eigenvalue weighted by Gasteiger charge is -2.25. The highest BCUT2D eigenvalue weighted by molar-refractivity contribution is 5.82. The van der Waals surface area contributed by atoms with E-state index >= 15 is 0 Å². The first-order valence-electron chi connectivity index (χ1n) is 5.20. The number of nitrogens with zero attached hydrogens (tertiary/aromatic N) is 2. The van der Waals surface area contributed by atoms with Crippen LogP contribution in [-0.2, 0) is 11.2 Å². The van der Waals surface area contributed by atoms with Gasteiger partial charge >= 0.3 is 0 Å². The summed E-state index contributed by atoms with van der Waals surface area (Å²) in [4.78, 5) is 15.5. The van der Waals surface area contributed by atoms with E-state index in [0.29, 0.717) is 18.8 Å². The van der Waals surface area contributed by atoms with Crippen molar-refractivity contribution in [2.45, 2.75) is 33.2 Å². The van der Waals surface area contributed by atoms with Crippen LogP contribution in [0.2, 0.25) is 0 Å². The second-order valence-electron chi connectivity index (χ2n) is 4.73. The smallest absolute Gasteiger partial charge is 0.237 e. The highest BCUT2D eigenvalue weighted by atomic mass is 16.5. The number of hydrogen-bond acceptors (Lipinski definition) is 5. The van der Waals surface area contributed by atoms with E-state index in [-0.39, 0.29) is 11.3 Å². The van der Waals surface area contributed by atoms with Crippen LogP contribution < -0.4 is 11.1 Å². The van der Waals surface area contributed by atoms with Gasteiger partial charge in [0.25, 0.3) is 0 Å². The average Bonchev–Trinajstić information content (AvgIpc) is 2.67. The zero-order valence-corrected chi connectivity index (χ0v) is 9.86. The van der Waals surface area contributed by atoms with Gasteiger partial charge in [-0.15, -0.1) is 0 Å². The van der Waals surface area contributed by atoms with Gasteiger partial charge in [0, 0.05) is 13.0 Å². The van der Waals surface area contributed by atoms with Crippen molar-refractivity contribution < 1.29 is 9.32 Å². The summed E-state index contributed by atoms with van der Waals surface area (Å²) in [7, 11) is 0. The largest absolute Gasteiger partial charge is 0.354 e. The quantitative estimate of drug-likeness (QED) is 0.759. The maximum absolute atomic E-state index is 11.6. The number of nitrogens with one attached hydrogen (secondary N) is 1. The van der Waals surface area contributed by atoms with Gasteiger partial charge in [0.05, 0.1) is 6.04 Å². The molecule has 6 heteroatoms. The van der Waals surface area contributed by atoms with Gasteiger partial charge in [-0.2, -0.15) is 4.98 Å². The van der Waals surface area contributed by atoms with Crippen molar-refractivity contribution >= 4 is 5.91 Å². The molecule has 16 heavy (non-hydrogen) atoms. The lowest BCUT2D eigenvalue weighted by Crippen LogP contribution is -2.49. The maximum atomic E-state index is 11.6. The highest BCUT2D eigenvalue weighted by Gasteiger charge is 2.26. The minimum absolute atomic E-state index is 0.156. The van der Waals surface area contributed by atoms with E-state index in [1.54, 1.807) is 0 Å². The molecule has 0 bridgehead atoms. The molecular weight excluding hydrogens is 208 g/mol. The Morgan fingerprint density at radius 1 is 1.62 bits per heavy atom. The number of carbonyl (C=O) groups excluding carboxylic acids is 1. The predicted octanol–water partition coefficient (Wildman–Crippen LogP) is 0.102. The maximum Gasteiger partial charge on any atom is 0.237 e. The second-order valence-corrected chi connectivity index (χ2v) is 4.73. The van der Waals surface area contributed by atoms with Crippen LogP contribution in [0.5, 0.6) is 0 Å². The minimum Gasteiger partial charge on any atom is -0.354 e. The molecule has 0 saturated carbocycles. The monoisotopic (exact) mass is 226 g/mol. The Balaban J connectivity index is 2.30. The molecule has 1 aromatic rings. The average molecular weight is 226 g/mol. The van der Waals surface area contributed by atoms with Gasteiger partial charge in [-0.05, 0) is 5.41 Å². The Bertz CT molecular complexity index is 329. The van der Waals surface area contributed by atoms with Crippen LogP contribution in [0.15, 0.2) is 10.9 Å². The molecule has 0 aliphatic heterocycles. The minimum atomic E-state index is -0.516. The van der Waals surface area contributed by atoms with Gasteiger partial charge in [0.15, 0.2) is 5.82 Å². The summed E-state index contributed by atoms with van der Waals surface area (Å²) >= 11 is 0. The Morgan fingerprint density at radius 3 is 2.81 bits per heavy atom. The van der Waals surface area contributed by atoms with Gasteiger partial charge in [0.1, 0.15) is 0 Å². The van der Waals surface area contributed by atoms with E-state index in [1.165, 1.54) is 6.39 Å². The van der Waals surface area contributed by atoms with Crippen molar-refractivity contribution in [1.82, 2.24) is 15.5 Å². The fourth-order valence-corrected chi connectivity index (χ4v) is 1.10. The van der Waals surface area contributed by atoms with E-state index in [9.17, 15) is 4.79 Å². The molecule has 1 rings (SSSR count). The second kappa shape index (κ2) is 5.07. The fourth-order valence-electron chi connectivity index (χ4n) is 1.10. The zero-order valence-electron chi connectivity index (χ0n) is 9.86. The lowest BCUT2D eigenvalue weighted by molar-refractivity contribution is -0.124. The summed E-state index contributed by atoms with van der Waals surface area (Å²) in [6.45, 7) is 6.24. The standard InChI is InChI=1S/C10H18N4O2/c1-10(2,3)8(11)9(15)12-5-4-7-13-6-16-14-7/h6,8H,4-5,11H2,1-3H3,(H,12,15)/t8-/m0/s1. The van der Waals surface area contributed by atoms with Crippen molar-refractivity contribution in [1.29, 1.82) is 0 Å². The molecule has 0 unspecified atom stereocenters. The number of hydrogen-bond donors (Lipinski definition) is 2. The molecule has 1 atom stereocenters. The van der Waals surface area contributed by atoms with Crippen molar-refractivity contribution in [2.75, 3.05) is 6.54 Å². The number of amides is 1. The zero-order chi connectivity index (χ0) is 12.2. The molecular formula is C10H18N4O2. The summed E-state index contributed by atoms with van der Waals surface area (Å²) in [5.74, 6) is 0.417. The Kier molecular flexibility index (Phi) is 4.00. The van der Waals surface area contributed by atoms with Gasteiger partial charge in [-0.3, -0.25) is 4.79 Å². The van der Waals surface area contributed by atoms with Crippen molar-refractivity contribution in [3.05, 3.63) is 12.2 Å². The van der Waals surface area contributed by atoms with Gasteiger partial charge < -0.3 is 15.6 Å². The molecule has 90 valence electrons. The Morgan fingerprint density at radius 2 is 2.31 bits per heavy atom. The van der Waals surface area contributed by atoms with E-state index in [0.717, 1.165) is 0 Å². The van der Waals surface area contributed by atoms with Gasteiger partial charge in [-0.1, -0.05) is 25.9 Å². The molecule has 0 radical (unpaired) electrons. The normalized spacial score (nSPS) is 13.5. The van der Waals surface area contributed by atoms with E-state index in [2.05, 4.69) is 20.0 Å². The van der Waals surface area contributed by atoms with Crippen LogP contribution in [0.1, 0.15) is 26.6 Å². The van der Waals surface area contributed by atoms with Crippen LogP contribution >= 0.6 is 0 Å². The third kappa shape index (κ3) is 3.62. The van der Waals surface area contributed by atoms with Crippen LogP contribution in [0.25, 0.3) is 0 Å². The van der Waals surface area contributed by atoms with Gasteiger partial charge in [-0.25, -0.2) is 0 Å². The molecule has 0 saturated heterocycles. The summed E-state index contributed by atoms with van der Waals surface area (Å²) in [5, 5.41) is 6.38. The molecule has 0 fully saturated rings. The van der Waals surface area contributed by atoms with Crippen LogP contribution in [0.3, 0.4) is 0 Å². The highest BCUT2D eigenvalue weighted by Crippen LogP contribution is 2.16. The Labute approximate surface area is 94.6 Å². The summed E-state index contributed by atoms with van der Waals surface area (Å²) < 4.78 is 4.58. The molecule has 0 aromatic carbocycles.